The fourth-order valence-corrected chi connectivity index (χ4v) is 3.36. The molecule has 0 unspecified atom stereocenters. The lowest BCUT2D eigenvalue weighted by Gasteiger charge is -2.15. The quantitative estimate of drug-likeness (QED) is 0.693. The second kappa shape index (κ2) is 6.94. The van der Waals surface area contributed by atoms with Crippen molar-refractivity contribution in [1.82, 2.24) is 5.32 Å². The third kappa shape index (κ3) is 3.98. The number of phenolic OH excluding ortho intramolecular Hbond substituents is 1. The van der Waals surface area contributed by atoms with Gasteiger partial charge in [-0.15, -0.1) is 0 Å². The summed E-state index contributed by atoms with van der Waals surface area (Å²) in [4.78, 5) is 0. The van der Waals surface area contributed by atoms with Crippen molar-refractivity contribution in [2.45, 2.75) is 19.5 Å². The zero-order chi connectivity index (χ0) is 14.7. The van der Waals surface area contributed by atoms with Gasteiger partial charge in [-0.25, -0.2) is 0 Å². The molecule has 0 fully saturated rings. The summed E-state index contributed by atoms with van der Waals surface area (Å²) in [6, 6.07) is 11.8. The molecular weight excluding hydrogens is 405 g/mol. The van der Waals surface area contributed by atoms with E-state index in [9.17, 15) is 5.11 Å². The average Bonchev–Trinajstić information content (AvgIpc) is 2.42. The predicted octanol–water partition coefficient (Wildman–Crippen LogP) is 5.42. The molecule has 0 bridgehead atoms. The zero-order valence-electron chi connectivity index (χ0n) is 10.8. The molecule has 0 saturated carbocycles. The minimum atomic E-state index is 0.194. The summed E-state index contributed by atoms with van der Waals surface area (Å²) in [6.45, 7) is 2.79. The number of halogens is 3. The number of nitrogens with one attached hydrogen (secondary N) is 1. The van der Waals surface area contributed by atoms with Crippen molar-refractivity contribution in [2.24, 2.45) is 0 Å². The van der Waals surface area contributed by atoms with Crippen LogP contribution in [0.15, 0.2) is 45.3 Å². The lowest BCUT2D eigenvalue weighted by Crippen LogP contribution is -2.18. The second-order valence-corrected chi connectivity index (χ2v) is 6.71. The van der Waals surface area contributed by atoms with Crippen molar-refractivity contribution in [1.29, 1.82) is 0 Å². The molecule has 0 aliphatic rings. The van der Waals surface area contributed by atoms with Gasteiger partial charge in [0.25, 0.3) is 0 Å². The standard InChI is InChI=1S/C15H14Br2ClNO/c1-9(11-3-2-4-12(18)7-11)19-8-10-5-13(16)15(20)14(17)6-10/h2-7,9,19-20H,8H2,1H3/t9-/m0/s1. The van der Waals surface area contributed by atoms with Crippen LogP contribution in [0.4, 0.5) is 0 Å². The van der Waals surface area contributed by atoms with E-state index >= 15 is 0 Å². The van der Waals surface area contributed by atoms with E-state index in [1.54, 1.807) is 0 Å². The van der Waals surface area contributed by atoms with Crippen LogP contribution in [-0.4, -0.2) is 5.11 Å². The van der Waals surface area contributed by atoms with Gasteiger partial charge in [0.15, 0.2) is 0 Å². The van der Waals surface area contributed by atoms with E-state index in [-0.39, 0.29) is 11.8 Å². The van der Waals surface area contributed by atoms with Crippen LogP contribution < -0.4 is 5.32 Å². The lowest BCUT2D eigenvalue weighted by molar-refractivity contribution is 0.467. The Morgan fingerprint density at radius 2 is 1.85 bits per heavy atom. The van der Waals surface area contributed by atoms with Gasteiger partial charge < -0.3 is 10.4 Å². The van der Waals surface area contributed by atoms with E-state index in [2.05, 4.69) is 44.1 Å². The predicted molar refractivity (Wildman–Crippen MR) is 90.2 cm³/mol. The summed E-state index contributed by atoms with van der Waals surface area (Å²) >= 11 is 12.7. The minimum Gasteiger partial charge on any atom is -0.506 e. The normalized spacial score (nSPS) is 12.4. The number of rotatable bonds is 4. The topological polar surface area (TPSA) is 32.3 Å². The summed E-state index contributed by atoms with van der Waals surface area (Å²) in [7, 11) is 0. The Labute approximate surface area is 140 Å². The van der Waals surface area contributed by atoms with Crippen LogP contribution in [0.3, 0.4) is 0 Å². The molecule has 1 atom stereocenters. The third-order valence-electron chi connectivity index (χ3n) is 3.04. The monoisotopic (exact) mass is 417 g/mol. The van der Waals surface area contributed by atoms with E-state index in [0.29, 0.717) is 15.5 Å². The van der Waals surface area contributed by atoms with Crippen molar-refractivity contribution in [2.75, 3.05) is 0 Å². The van der Waals surface area contributed by atoms with Crippen molar-refractivity contribution >= 4 is 43.5 Å². The molecular formula is C15H14Br2ClNO. The summed E-state index contributed by atoms with van der Waals surface area (Å²) in [6.07, 6.45) is 0. The van der Waals surface area contributed by atoms with E-state index in [1.165, 1.54) is 0 Å². The molecule has 0 radical (unpaired) electrons. The van der Waals surface area contributed by atoms with Crippen LogP contribution >= 0.6 is 43.5 Å². The minimum absolute atomic E-state index is 0.194. The van der Waals surface area contributed by atoms with Crippen LogP contribution in [0.2, 0.25) is 5.02 Å². The van der Waals surface area contributed by atoms with Gasteiger partial charge in [-0.05, 0) is 74.2 Å². The van der Waals surface area contributed by atoms with Crippen molar-refractivity contribution < 1.29 is 5.11 Å². The van der Waals surface area contributed by atoms with Gasteiger partial charge in [0.2, 0.25) is 0 Å². The number of phenols is 1. The molecule has 2 rings (SSSR count). The van der Waals surface area contributed by atoms with Crippen LogP contribution in [0.1, 0.15) is 24.1 Å². The Kier molecular flexibility index (Phi) is 5.49. The first-order valence-electron chi connectivity index (χ1n) is 6.13. The number of aromatic hydroxyl groups is 1. The van der Waals surface area contributed by atoms with E-state index in [0.717, 1.165) is 16.1 Å². The summed E-state index contributed by atoms with van der Waals surface area (Å²) in [5.74, 6) is 0.219. The Morgan fingerprint density at radius 3 is 2.45 bits per heavy atom. The zero-order valence-corrected chi connectivity index (χ0v) is 14.8. The molecule has 0 aliphatic carbocycles. The fourth-order valence-electron chi connectivity index (χ4n) is 1.88. The first-order valence-corrected chi connectivity index (χ1v) is 8.09. The van der Waals surface area contributed by atoms with Crippen LogP contribution in [0.5, 0.6) is 5.75 Å². The Morgan fingerprint density at radius 1 is 1.20 bits per heavy atom. The summed E-state index contributed by atoms with van der Waals surface area (Å²) < 4.78 is 1.36. The maximum Gasteiger partial charge on any atom is 0.143 e. The molecule has 2 nitrogen and oxygen atoms in total. The fraction of sp³-hybridized carbons (Fsp3) is 0.200. The van der Waals surface area contributed by atoms with E-state index < -0.39 is 0 Å². The molecule has 0 heterocycles. The van der Waals surface area contributed by atoms with Gasteiger partial charge in [0.1, 0.15) is 5.75 Å². The molecule has 5 heteroatoms. The van der Waals surface area contributed by atoms with Crippen molar-refractivity contribution in [3.63, 3.8) is 0 Å². The van der Waals surface area contributed by atoms with Crippen molar-refractivity contribution in [3.8, 4) is 5.75 Å². The third-order valence-corrected chi connectivity index (χ3v) is 4.48. The maximum atomic E-state index is 9.69. The molecule has 106 valence electrons. The van der Waals surface area contributed by atoms with Gasteiger partial charge in [0.05, 0.1) is 8.95 Å². The number of hydrogen-bond acceptors (Lipinski definition) is 2. The molecule has 20 heavy (non-hydrogen) atoms. The first-order chi connectivity index (χ1) is 9.47. The van der Waals surface area contributed by atoms with E-state index in [4.69, 9.17) is 11.6 Å². The highest BCUT2D eigenvalue weighted by Crippen LogP contribution is 2.33. The molecule has 2 aromatic rings. The van der Waals surface area contributed by atoms with Crippen LogP contribution in [0, 0.1) is 0 Å². The van der Waals surface area contributed by atoms with Gasteiger partial charge in [-0.3, -0.25) is 0 Å². The van der Waals surface area contributed by atoms with Gasteiger partial charge in [0, 0.05) is 17.6 Å². The van der Waals surface area contributed by atoms with Gasteiger partial charge in [-0.1, -0.05) is 23.7 Å². The molecule has 0 saturated heterocycles. The average molecular weight is 420 g/mol. The van der Waals surface area contributed by atoms with Gasteiger partial charge >= 0.3 is 0 Å². The van der Waals surface area contributed by atoms with Gasteiger partial charge in [-0.2, -0.15) is 0 Å². The Bertz CT molecular complexity index is 596. The molecule has 0 aliphatic heterocycles. The summed E-state index contributed by atoms with van der Waals surface area (Å²) in [5.41, 5.74) is 2.23. The Balaban J connectivity index is 2.05. The largest absolute Gasteiger partial charge is 0.506 e. The van der Waals surface area contributed by atoms with Crippen LogP contribution in [-0.2, 0) is 6.54 Å². The highest BCUT2D eigenvalue weighted by molar-refractivity contribution is 9.11. The number of hydrogen-bond donors (Lipinski definition) is 2. The smallest absolute Gasteiger partial charge is 0.143 e. The molecule has 0 amide bonds. The molecule has 0 spiro atoms. The first kappa shape index (κ1) is 15.8. The van der Waals surface area contributed by atoms with Crippen LogP contribution in [0.25, 0.3) is 0 Å². The molecule has 2 aromatic carbocycles. The SMILES string of the molecule is C[C@H](NCc1cc(Br)c(O)c(Br)c1)c1cccc(Cl)c1. The molecule has 2 N–H and O–H groups in total. The Hall–Kier alpha value is -0.550. The number of benzene rings is 2. The van der Waals surface area contributed by atoms with Crippen molar-refractivity contribution in [3.05, 3.63) is 61.5 Å². The maximum absolute atomic E-state index is 9.69. The highest BCUT2D eigenvalue weighted by atomic mass is 79.9. The lowest BCUT2D eigenvalue weighted by atomic mass is 10.1. The molecule has 0 aromatic heterocycles. The highest BCUT2D eigenvalue weighted by Gasteiger charge is 2.08. The summed E-state index contributed by atoms with van der Waals surface area (Å²) in [5, 5.41) is 13.9. The second-order valence-electron chi connectivity index (χ2n) is 4.57. The van der Waals surface area contributed by atoms with E-state index in [1.807, 2.05) is 36.4 Å².